The zero-order valence-electron chi connectivity index (χ0n) is 16.8. The average molecular weight is 397 g/mol. The standard InChI is InChI=1S/C22H27N3O4/c1-28-19-6-3-5-16(13-19)22(27)23-14-21(26)24-17-8-10-18(11-9-17)25-12-4-7-20(15-25)29-2/h3,5-6,8-11,13,20H,4,7,12,14-15H2,1-2H3,(H,23,27)(H,24,26). The fourth-order valence-corrected chi connectivity index (χ4v) is 3.35. The van der Waals surface area contributed by atoms with E-state index >= 15 is 0 Å². The molecule has 0 aliphatic carbocycles. The summed E-state index contributed by atoms with van der Waals surface area (Å²) < 4.78 is 10.6. The largest absolute Gasteiger partial charge is 0.497 e. The second-order valence-electron chi connectivity index (χ2n) is 6.96. The Bertz CT molecular complexity index is 838. The molecule has 0 aromatic heterocycles. The Morgan fingerprint density at radius 3 is 2.66 bits per heavy atom. The van der Waals surface area contributed by atoms with Crippen molar-refractivity contribution in [1.82, 2.24) is 5.32 Å². The van der Waals surface area contributed by atoms with E-state index in [1.165, 1.54) is 7.11 Å². The molecular formula is C22H27N3O4. The molecule has 2 amide bonds. The number of carbonyl (C=O) groups is 2. The van der Waals surface area contributed by atoms with Crippen LogP contribution >= 0.6 is 0 Å². The number of piperidine rings is 1. The van der Waals surface area contributed by atoms with Crippen LogP contribution in [0.3, 0.4) is 0 Å². The molecular weight excluding hydrogens is 370 g/mol. The van der Waals surface area contributed by atoms with Crippen molar-refractivity contribution in [3.05, 3.63) is 54.1 Å². The molecule has 1 saturated heterocycles. The third-order valence-electron chi connectivity index (χ3n) is 4.97. The molecule has 1 atom stereocenters. The normalized spacial score (nSPS) is 16.2. The van der Waals surface area contributed by atoms with Gasteiger partial charge in [0.05, 0.1) is 19.8 Å². The molecule has 3 rings (SSSR count). The van der Waals surface area contributed by atoms with Gasteiger partial charge in [0, 0.05) is 37.1 Å². The van der Waals surface area contributed by atoms with Gasteiger partial charge in [-0.2, -0.15) is 0 Å². The van der Waals surface area contributed by atoms with E-state index in [2.05, 4.69) is 15.5 Å². The first kappa shape index (κ1) is 20.7. The molecule has 0 spiro atoms. The number of nitrogens with one attached hydrogen (secondary N) is 2. The van der Waals surface area contributed by atoms with Crippen molar-refractivity contribution in [2.24, 2.45) is 0 Å². The minimum absolute atomic E-state index is 0.112. The zero-order valence-corrected chi connectivity index (χ0v) is 16.8. The minimum Gasteiger partial charge on any atom is -0.497 e. The first-order valence-corrected chi connectivity index (χ1v) is 9.69. The highest BCUT2D eigenvalue weighted by Crippen LogP contribution is 2.23. The monoisotopic (exact) mass is 397 g/mol. The van der Waals surface area contributed by atoms with E-state index in [4.69, 9.17) is 9.47 Å². The van der Waals surface area contributed by atoms with E-state index in [0.29, 0.717) is 17.0 Å². The molecule has 1 aliphatic heterocycles. The number of hydrogen-bond donors (Lipinski definition) is 2. The number of rotatable bonds is 7. The van der Waals surface area contributed by atoms with Crippen LogP contribution in [0.15, 0.2) is 48.5 Å². The van der Waals surface area contributed by atoms with Gasteiger partial charge in [-0.05, 0) is 55.3 Å². The summed E-state index contributed by atoms with van der Waals surface area (Å²) in [6.45, 7) is 1.76. The Hall–Kier alpha value is -3.06. The fourth-order valence-electron chi connectivity index (χ4n) is 3.35. The number of ether oxygens (including phenoxy) is 2. The Kier molecular flexibility index (Phi) is 7.08. The van der Waals surface area contributed by atoms with Gasteiger partial charge in [0.25, 0.3) is 5.91 Å². The van der Waals surface area contributed by atoms with Crippen molar-refractivity contribution in [3.8, 4) is 5.75 Å². The van der Waals surface area contributed by atoms with Crippen molar-refractivity contribution in [2.45, 2.75) is 18.9 Å². The van der Waals surface area contributed by atoms with Crippen LogP contribution in [0.1, 0.15) is 23.2 Å². The van der Waals surface area contributed by atoms with Gasteiger partial charge in [-0.15, -0.1) is 0 Å². The summed E-state index contributed by atoms with van der Waals surface area (Å²) in [5, 5.41) is 5.42. The molecule has 7 heteroatoms. The molecule has 1 heterocycles. The van der Waals surface area contributed by atoms with Gasteiger partial charge < -0.3 is 25.0 Å². The van der Waals surface area contributed by atoms with Crippen molar-refractivity contribution >= 4 is 23.2 Å². The molecule has 1 aliphatic rings. The maximum Gasteiger partial charge on any atom is 0.251 e. The second kappa shape index (κ2) is 9.93. The zero-order chi connectivity index (χ0) is 20.6. The van der Waals surface area contributed by atoms with Crippen LogP contribution in [0.4, 0.5) is 11.4 Å². The van der Waals surface area contributed by atoms with Crippen molar-refractivity contribution in [2.75, 3.05) is 44.1 Å². The van der Waals surface area contributed by atoms with Gasteiger partial charge in [0.2, 0.25) is 5.91 Å². The molecule has 0 radical (unpaired) electrons. The summed E-state index contributed by atoms with van der Waals surface area (Å²) in [6.07, 6.45) is 2.45. The SMILES string of the molecule is COc1cccc(C(=O)NCC(=O)Nc2ccc(N3CCCC(OC)C3)cc2)c1. The Morgan fingerprint density at radius 1 is 1.14 bits per heavy atom. The maximum absolute atomic E-state index is 12.2. The maximum atomic E-state index is 12.2. The van der Waals surface area contributed by atoms with Crippen molar-refractivity contribution in [1.29, 1.82) is 0 Å². The van der Waals surface area contributed by atoms with Crippen LogP contribution in [0, 0.1) is 0 Å². The Labute approximate surface area is 171 Å². The summed E-state index contributed by atoms with van der Waals surface area (Å²) in [5.74, 6) is -0.0219. The molecule has 0 saturated carbocycles. The molecule has 2 aromatic rings. The number of benzene rings is 2. The van der Waals surface area contributed by atoms with E-state index in [9.17, 15) is 9.59 Å². The topological polar surface area (TPSA) is 79.9 Å². The number of anilines is 2. The summed E-state index contributed by atoms with van der Waals surface area (Å²) in [5.41, 5.74) is 2.24. The predicted octanol–water partition coefficient (Wildman–Crippen LogP) is 2.68. The van der Waals surface area contributed by atoms with Crippen LogP contribution in [0.25, 0.3) is 0 Å². The lowest BCUT2D eigenvalue weighted by Gasteiger charge is -2.33. The lowest BCUT2D eigenvalue weighted by Crippen LogP contribution is -2.39. The molecule has 7 nitrogen and oxygen atoms in total. The van der Waals surface area contributed by atoms with Gasteiger partial charge >= 0.3 is 0 Å². The van der Waals surface area contributed by atoms with Gasteiger partial charge in [0.1, 0.15) is 5.75 Å². The number of hydrogen-bond acceptors (Lipinski definition) is 5. The van der Waals surface area contributed by atoms with E-state index in [1.807, 2.05) is 24.3 Å². The lowest BCUT2D eigenvalue weighted by molar-refractivity contribution is -0.115. The molecule has 0 bridgehead atoms. The van der Waals surface area contributed by atoms with E-state index in [0.717, 1.165) is 31.6 Å². The molecule has 154 valence electrons. The highest BCUT2D eigenvalue weighted by Gasteiger charge is 2.19. The van der Waals surface area contributed by atoms with E-state index in [1.54, 1.807) is 31.4 Å². The molecule has 1 unspecified atom stereocenters. The highest BCUT2D eigenvalue weighted by atomic mass is 16.5. The number of carbonyl (C=O) groups excluding carboxylic acids is 2. The smallest absolute Gasteiger partial charge is 0.251 e. The summed E-state index contributed by atoms with van der Waals surface area (Å²) in [4.78, 5) is 26.6. The first-order valence-electron chi connectivity index (χ1n) is 9.69. The van der Waals surface area contributed by atoms with Gasteiger partial charge in [-0.3, -0.25) is 9.59 Å². The quantitative estimate of drug-likeness (QED) is 0.751. The van der Waals surface area contributed by atoms with Gasteiger partial charge in [0.15, 0.2) is 0 Å². The fraction of sp³-hybridized carbons (Fsp3) is 0.364. The van der Waals surface area contributed by atoms with Crippen LogP contribution in [0.5, 0.6) is 5.75 Å². The second-order valence-corrected chi connectivity index (χ2v) is 6.96. The third-order valence-corrected chi connectivity index (χ3v) is 4.97. The van der Waals surface area contributed by atoms with Crippen molar-refractivity contribution < 1.29 is 19.1 Å². The average Bonchev–Trinajstić information content (AvgIpc) is 2.78. The highest BCUT2D eigenvalue weighted by molar-refractivity contribution is 5.99. The summed E-state index contributed by atoms with van der Waals surface area (Å²) >= 11 is 0. The van der Waals surface area contributed by atoms with Gasteiger partial charge in [-0.1, -0.05) is 6.07 Å². The molecule has 29 heavy (non-hydrogen) atoms. The van der Waals surface area contributed by atoms with E-state index in [-0.39, 0.29) is 24.5 Å². The first-order chi connectivity index (χ1) is 14.1. The predicted molar refractivity (Wildman–Crippen MR) is 113 cm³/mol. The Balaban J connectivity index is 1.49. The van der Waals surface area contributed by atoms with Gasteiger partial charge in [-0.25, -0.2) is 0 Å². The summed E-state index contributed by atoms with van der Waals surface area (Å²) in [6, 6.07) is 14.5. The lowest BCUT2D eigenvalue weighted by atomic mass is 10.1. The van der Waals surface area contributed by atoms with Crippen molar-refractivity contribution in [3.63, 3.8) is 0 Å². The number of amides is 2. The van der Waals surface area contributed by atoms with Crippen LogP contribution in [-0.4, -0.2) is 51.8 Å². The minimum atomic E-state index is -0.327. The number of nitrogens with zero attached hydrogens (tertiary/aromatic N) is 1. The summed E-state index contributed by atoms with van der Waals surface area (Å²) in [7, 11) is 3.29. The van der Waals surface area contributed by atoms with Crippen LogP contribution < -0.4 is 20.3 Å². The molecule has 2 N–H and O–H groups in total. The Morgan fingerprint density at radius 2 is 1.93 bits per heavy atom. The van der Waals surface area contributed by atoms with Crippen LogP contribution in [-0.2, 0) is 9.53 Å². The van der Waals surface area contributed by atoms with Crippen LogP contribution in [0.2, 0.25) is 0 Å². The molecule has 2 aromatic carbocycles. The third kappa shape index (κ3) is 5.71. The van der Waals surface area contributed by atoms with E-state index < -0.39 is 0 Å². The molecule has 1 fully saturated rings. The number of methoxy groups -OCH3 is 2.